The number of urea groups is 1. The lowest BCUT2D eigenvalue weighted by Crippen LogP contribution is -2.46. The number of carbonyl (C=O) groups is 2. The molecule has 2 rings (SSSR count). The Morgan fingerprint density at radius 1 is 1.36 bits per heavy atom. The first kappa shape index (κ1) is 15.9. The van der Waals surface area contributed by atoms with Crippen LogP contribution < -0.4 is 10.1 Å². The number of hydrogen-bond acceptors (Lipinski definition) is 4. The fraction of sp³-hybridized carbons (Fsp3) is 0.375. The zero-order valence-electron chi connectivity index (χ0n) is 13.2. The van der Waals surface area contributed by atoms with Crippen LogP contribution in [0.4, 0.5) is 4.79 Å². The predicted molar refractivity (Wildman–Crippen MR) is 81.4 cm³/mol. The Bertz CT molecular complexity index is 624. The molecular weight excluding hydrogens is 284 g/mol. The van der Waals surface area contributed by atoms with E-state index in [1.807, 2.05) is 31.2 Å². The van der Waals surface area contributed by atoms with E-state index in [1.165, 1.54) is 12.0 Å². The molecule has 1 aliphatic heterocycles. The van der Waals surface area contributed by atoms with E-state index < -0.39 is 12.0 Å². The second-order valence-electron chi connectivity index (χ2n) is 4.90. The summed E-state index contributed by atoms with van der Waals surface area (Å²) in [5.74, 6) is 0.162. The molecule has 2 amide bonds. The summed E-state index contributed by atoms with van der Waals surface area (Å²) in [7, 11) is 2.93. The Morgan fingerprint density at radius 2 is 2.05 bits per heavy atom. The third kappa shape index (κ3) is 2.77. The van der Waals surface area contributed by atoms with E-state index in [1.54, 1.807) is 14.0 Å². The molecule has 1 heterocycles. The van der Waals surface area contributed by atoms with Gasteiger partial charge in [-0.3, -0.25) is 0 Å². The molecule has 0 saturated heterocycles. The minimum atomic E-state index is -0.598. The number of para-hydroxylation sites is 1. The first-order chi connectivity index (χ1) is 10.5. The smallest absolute Gasteiger partial charge is 0.337 e. The van der Waals surface area contributed by atoms with Gasteiger partial charge in [-0.1, -0.05) is 18.2 Å². The van der Waals surface area contributed by atoms with E-state index in [9.17, 15) is 9.59 Å². The van der Waals surface area contributed by atoms with E-state index in [0.29, 0.717) is 23.6 Å². The highest BCUT2D eigenvalue weighted by Crippen LogP contribution is 2.35. The van der Waals surface area contributed by atoms with Gasteiger partial charge in [0.1, 0.15) is 5.75 Å². The molecule has 6 heteroatoms. The molecule has 1 N–H and O–H groups in total. The maximum atomic E-state index is 12.2. The first-order valence-electron chi connectivity index (χ1n) is 7.06. The molecule has 0 aliphatic carbocycles. The topological polar surface area (TPSA) is 67.9 Å². The first-order valence-corrected chi connectivity index (χ1v) is 7.06. The number of nitrogens with one attached hydrogen (secondary N) is 1. The number of amides is 2. The van der Waals surface area contributed by atoms with Crippen molar-refractivity contribution in [3.63, 3.8) is 0 Å². The quantitative estimate of drug-likeness (QED) is 0.866. The molecule has 1 aromatic rings. The molecule has 0 fully saturated rings. The van der Waals surface area contributed by atoms with Crippen LogP contribution in [0.2, 0.25) is 0 Å². The summed E-state index contributed by atoms with van der Waals surface area (Å²) in [5.41, 5.74) is 1.69. The van der Waals surface area contributed by atoms with Crippen molar-refractivity contribution in [2.24, 2.45) is 0 Å². The molecule has 6 nitrogen and oxygen atoms in total. The summed E-state index contributed by atoms with van der Waals surface area (Å²) >= 11 is 0. The van der Waals surface area contributed by atoms with E-state index in [0.717, 1.165) is 5.56 Å². The Labute approximate surface area is 129 Å². The lowest BCUT2D eigenvalue weighted by Gasteiger charge is -2.33. The Hall–Kier alpha value is -2.50. The molecular formula is C16H20N2O4. The molecule has 0 radical (unpaired) electrons. The minimum Gasteiger partial charge on any atom is -0.494 e. The highest BCUT2D eigenvalue weighted by Gasteiger charge is 2.35. The van der Waals surface area contributed by atoms with E-state index >= 15 is 0 Å². The third-order valence-electron chi connectivity index (χ3n) is 3.69. The molecule has 0 saturated carbocycles. The summed E-state index contributed by atoms with van der Waals surface area (Å²) < 4.78 is 10.5. The fourth-order valence-corrected chi connectivity index (χ4v) is 2.45. The lowest BCUT2D eigenvalue weighted by atomic mass is 9.94. The number of rotatable bonds is 4. The maximum Gasteiger partial charge on any atom is 0.337 e. The average Bonchev–Trinajstić information content (AvgIpc) is 2.52. The Kier molecular flexibility index (Phi) is 4.70. The second kappa shape index (κ2) is 6.51. The van der Waals surface area contributed by atoms with Gasteiger partial charge in [0.05, 0.1) is 25.3 Å². The molecule has 1 aromatic carbocycles. The number of hydrogen-bond donors (Lipinski definition) is 1. The molecule has 1 aliphatic rings. The number of nitrogens with zero attached hydrogens (tertiary/aromatic N) is 1. The van der Waals surface area contributed by atoms with Crippen LogP contribution in [0.1, 0.15) is 25.5 Å². The standard InChI is InChI=1S/C16H20N2O4/c1-5-22-12-9-7-6-8-11(12)14-13(15(19)21-4)10(2)18(3)16(20)17-14/h6-9,14H,5H2,1-4H3,(H,17,20)/t14-/m1/s1. The van der Waals surface area contributed by atoms with Gasteiger partial charge < -0.3 is 19.7 Å². The molecule has 1 atom stereocenters. The summed E-state index contributed by atoms with van der Waals surface area (Å²) in [5, 5.41) is 2.83. The van der Waals surface area contributed by atoms with Gasteiger partial charge in [0.2, 0.25) is 0 Å². The lowest BCUT2D eigenvalue weighted by molar-refractivity contribution is -0.136. The van der Waals surface area contributed by atoms with Gasteiger partial charge in [-0.05, 0) is 19.9 Å². The van der Waals surface area contributed by atoms with Crippen LogP contribution in [0.25, 0.3) is 0 Å². The van der Waals surface area contributed by atoms with Crippen molar-refractivity contribution < 1.29 is 19.1 Å². The normalized spacial score (nSPS) is 18.1. The third-order valence-corrected chi connectivity index (χ3v) is 3.69. The van der Waals surface area contributed by atoms with E-state index in [4.69, 9.17) is 9.47 Å². The van der Waals surface area contributed by atoms with E-state index in [2.05, 4.69) is 5.32 Å². The van der Waals surface area contributed by atoms with Crippen LogP contribution in [0.5, 0.6) is 5.75 Å². The summed E-state index contributed by atoms with van der Waals surface area (Å²) in [6.45, 7) is 4.10. The average molecular weight is 304 g/mol. The minimum absolute atomic E-state index is 0.276. The number of ether oxygens (including phenoxy) is 2. The van der Waals surface area contributed by atoms with Crippen LogP contribution in [0.3, 0.4) is 0 Å². The summed E-state index contributed by atoms with van der Waals surface area (Å²) in [4.78, 5) is 25.7. The molecule has 0 spiro atoms. The zero-order valence-corrected chi connectivity index (χ0v) is 13.2. The van der Waals surface area contributed by atoms with Crippen molar-refractivity contribution in [1.82, 2.24) is 10.2 Å². The molecule has 0 unspecified atom stereocenters. The van der Waals surface area contributed by atoms with Gasteiger partial charge in [-0.15, -0.1) is 0 Å². The SMILES string of the molecule is CCOc1ccccc1[C@H]1NC(=O)N(C)C(C)=C1C(=O)OC. The van der Waals surface area contributed by atoms with Crippen molar-refractivity contribution in [1.29, 1.82) is 0 Å². The summed E-state index contributed by atoms with van der Waals surface area (Å²) in [6.07, 6.45) is 0. The number of benzene rings is 1. The van der Waals surface area contributed by atoms with E-state index in [-0.39, 0.29) is 6.03 Å². The highest BCUT2D eigenvalue weighted by molar-refractivity contribution is 5.95. The largest absolute Gasteiger partial charge is 0.494 e. The molecule has 22 heavy (non-hydrogen) atoms. The monoisotopic (exact) mass is 304 g/mol. The summed E-state index contributed by atoms with van der Waals surface area (Å²) in [6, 6.07) is 6.46. The number of allylic oxidation sites excluding steroid dienone is 1. The Morgan fingerprint density at radius 3 is 2.68 bits per heavy atom. The van der Waals surface area contributed by atoms with Crippen LogP contribution in [-0.4, -0.2) is 37.7 Å². The number of esters is 1. The molecule has 0 bridgehead atoms. The maximum absolute atomic E-state index is 12.2. The van der Waals surface area contributed by atoms with Crippen LogP contribution in [0.15, 0.2) is 35.5 Å². The van der Waals surface area contributed by atoms with Gasteiger partial charge in [0.25, 0.3) is 0 Å². The Balaban J connectivity index is 2.57. The number of methoxy groups -OCH3 is 1. The van der Waals surface area contributed by atoms with Crippen LogP contribution in [0, 0.1) is 0 Å². The van der Waals surface area contributed by atoms with Gasteiger partial charge in [0.15, 0.2) is 0 Å². The van der Waals surface area contributed by atoms with Crippen molar-refractivity contribution in [3.8, 4) is 5.75 Å². The predicted octanol–water partition coefficient (Wildman–Crippen LogP) is 2.23. The van der Waals surface area contributed by atoms with Crippen molar-refractivity contribution in [3.05, 3.63) is 41.1 Å². The molecule has 118 valence electrons. The van der Waals surface area contributed by atoms with Crippen LogP contribution >= 0.6 is 0 Å². The second-order valence-corrected chi connectivity index (χ2v) is 4.90. The molecule has 0 aromatic heterocycles. The highest BCUT2D eigenvalue weighted by atomic mass is 16.5. The van der Waals surface area contributed by atoms with Crippen molar-refractivity contribution >= 4 is 12.0 Å². The van der Waals surface area contributed by atoms with Gasteiger partial charge in [-0.25, -0.2) is 9.59 Å². The van der Waals surface area contributed by atoms with Gasteiger partial charge in [-0.2, -0.15) is 0 Å². The van der Waals surface area contributed by atoms with Gasteiger partial charge >= 0.3 is 12.0 Å². The fourth-order valence-electron chi connectivity index (χ4n) is 2.45. The zero-order chi connectivity index (χ0) is 16.3. The van der Waals surface area contributed by atoms with Crippen LogP contribution in [-0.2, 0) is 9.53 Å². The van der Waals surface area contributed by atoms with Gasteiger partial charge in [0, 0.05) is 18.3 Å². The number of carbonyl (C=O) groups excluding carboxylic acids is 2. The van der Waals surface area contributed by atoms with Crippen molar-refractivity contribution in [2.75, 3.05) is 20.8 Å². The van der Waals surface area contributed by atoms with Crippen molar-refractivity contribution in [2.45, 2.75) is 19.9 Å².